The van der Waals surface area contributed by atoms with Crippen LogP contribution in [-0.4, -0.2) is 64.6 Å². The first-order valence-corrected chi connectivity index (χ1v) is 11.4. The molecular weight excluding hydrogens is 598 g/mol. The molecule has 2 fully saturated rings. The van der Waals surface area contributed by atoms with Crippen LogP contribution in [0.25, 0.3) is 0 Å². The van der Waals surface area contributed by atoms with Gasteiger partial charge in [-0.15, -0.1) is 0 Å². The molecule has 0 amide bonds. The monoisotopic (exact) mass is 598 g/mol. The zero-order valence-corrected chi connectivity index (χ0v) is 13.0. The second-order valence-corrected chi connectivity index (χ2v) is 9.48. The van der Waals surface area contributed by atoms with Crippen molar-refractivity contribution < 1.29 is 31.3 Å². The maximum atomic E-state index is 10.8. The van der Waals surface area contributed by atoms with Crippen LogP contribution in [0.5, 0.6) is 0 Å². The Morgan fingerprint density at radius 3 is 1.57 bits per heavy atom. The Morgan fingerprint density at radius 2 is 1.29 bits per heavy atom. The van der Waals surface area contributed by atoms with Gasteiger partial charge in [-0.1, -0.05) is 0 Å². The summed E-state index contributed by atoms with van der Waals surface area (Å²) in [5.74, 6) is 0. The summed E-state index contributed by atoms with van der Waals surface area (Å²) in [6.07, 6.45) is -2.80. The van der Waals surface area contributed by atoms with Gasteiger partial charge >= 0.3 is 95.9 Å². The molecular formula is C3Bi2O9. The van der Waals surface area contributed by atoms with Crippen LogP contribution >= 0.6 is 0 Å². The van der Waals surface area contributed by atoms with Crippen molar-refractivity contribution >= 4 is 64.6 Å². The van der Waals surface area contributed by atoms with E-state index in [1.807, 2.05) is 0 Å². The molecule has 0 atom stereocenters. The minimum atomic E-state index is -3.26. The molecule has 11 heteroatoms. The van der Waals surface area contributed by atoms with Gasteiger partial charge in [-0.25, -0.2) is 0 Å². The van der Waals surface area contributed by atoms with Gasteiger partial charge in [0.15, 0.2) is 0 Å². The quantitative estimate of drug-likeness (QED) is 0.388. The van der Waals surface area contributed by atoms with Gasteiger partial charge in [-0.3, -0.25) is 0 Å². The van der Waals surface area contributed by atoms with Gasteiger partial charge in [0, 0.05) is 0 Å². The van der Waals surface area contributed by atoms with Gasteiger partial charge < -0.3 is 0 Å². The summed E-state index contributed by atoms with van der Waals surface area (Å²) in [6, 6.07) is 0. The van der Waals surface area contributed by atoms with E-state index < -0.39 is 64.6 Å². The summed E-state index contributed by atoms with van der Waals surface area (Å²) in [6.45, 7) is 0. The van der Waals surface area contributed by atoms with Crippen LogP contribution < -0.4 is 0 Å². The summed E-state index contributed by atoms with van der Waals surface area (Å²) in [5, 5.41) is 0. The molecule has 0 aromatic heterocycles. The van der Waals surface area contributed by atoms with Crippen LogP contribution in [0.2, 0.25) is 0 Å². The fourth-order valence-electron chi connectivity index (χ4n) is 0.470. The van der Waals surface area contributed by atoms with Crippen LogP contribution in [0, 0.1) is 0 Å². The van der Waals surface area contributed by atoms with E-state index in [0.717, 1.165) is 0 Å². The number of carbonyl (C=O) groups excluding carboxylic acids is 3. The molecule has 0 N–H and O–H groups in total. The van der Waals surface area contributed by atoms with E-state index >= 15 is 0 Å². The summed E-state index contributed by atoms with van der Waals surface area (Å²) in [4.78, 5) is 31.0. The summed E-state index contributed by atoms with van der Waals surface area (Å²) < 4.78 is 26.3. The number of hydrogen-bond donors (Lipinski definition) is 0. The molecule has 9 nitrogen and oxygen atoms in total. The van der Waals surface area contributed by atoms with Crippen molar-refractivity contribution in [2.75, 3.05) is 0 Å². The normalized spacial score (nSPS) is 20.3. The molecule has 0 aromatic rings. The fraction of sp³-hybridized carbons (Fsp3) is 0. The van der Waals surface area contributed by atoms with E-state index in [4.69, 9.17) is 0 Å². The zero-order chi connectivity index (χ0) is 10.1. The molecule has 2 aliphatic rings. The van der Waals surface area contributed by atoms with Gasteiger partial charge in [-0.05, 0) is 0 Å². The Bertz CT molecular complexity index is 256. The molecule has 0 aliphatic carbocycles. The van der Waals surface area contributed by atoms with Crippen molar-refractivity contribution in [3.05, 3.63) is 0 Å². The van der Waals surface area contributed by atoms with Crippen LogP contribution in [0.3, 0.4) is 0 Å². The van der Waals surface area contributed by atoms with Crippen molar-refractivity contribution in [1.82, 2.24) is 0 Å². The molecule has 2 heterocycles. The van der Waals surface area contributed by atoms with Crippen molar-refractivity contribution in [2.45, 2.75) is 0 Å². The van der Waals surface area contributed by atoms with Gasteiger partial charge in [0.2, 0.25) is 0 Å². The summed E-state index contributed by atoms with van der Waals surface area (Å²) >= 11 is -6.52. The molecule has 2 aliphatic heterocycles. The molecule has 14 heavy (non-hydrogen) atoms. The van der Waals surface area contributed by atoms with E-state index in [-0.39, 0.29) is 0 Å². The standard InChI is InChI=1S/3CH2O3.2Bi/c3*2-1(3)4;;/h3*(H2,2,3,4);;/q;;;2*+3/p-6. The van der Waals surface area contributed by atoms with Gasteiger partial charge in [0.25, 0.3) is 0 Å². The molecule has 0 unspecified atom stereocenters. The molecule has 0 saturated carbocycles. The molecule has 76 valence electrons. The maximum absolute atomic E-state index is 10.8. The molecule has 2 saturated heterocycles. The molecule has 2 rings (SSSR count). The van der Waals surface area contributed by atoms with E-state index in [0.29, 0.717) is 0 Å². The predicted octanol–water partition coefficient (Wildman–Crippen LogP) is -0.557. The molecule has 0 radical (unpaired) electrons. The first-order chi connectivity index (χ1) is 6.63. The van der Waals surface area contributed by atoms with E-state index in [9.17, 15) is 14.4 Å². The van der Waals surface area contributed by atoms with Crippen LogP contribution in [0.15, 0.2) is 0 Å². The van der Waals surface area contributed by atoms with Gasteiger partial charge in [0.05, 0.1) is 0 Å². The van der Waals surface area contributed by atoms with Crippen LogP contribution in [-0.2, 0) is 16.9 Å². The van der Waals surface area contributed by atoms with Gasteiger partial charge in [-0.2, -0.15) is 0 Å². The Kier molecular flexibility index (Phi) is 2.87. The number of hydrogen-bond acceptors (Lipinski definition) is 9. The first-order valence-electron chi connectivity index (χ1n) is 2.93. The Hall–Kier alpha value is -0.424. The third-order valence-corrected chi connectivity index (χ3v) is 7.85. The summed E-state index contributed by atoms with van der Waals surface area (Å²) in [7, 11) is 0. The van der Waals surface area contributed by atoms with Crippen LogP contribution in [0.1, 0.15) is 0 Å². The summed E-state index contributed by atoms with van der Waals surface area (Å²) in [5.41, 5.74) is 0. The topological polar surface area (TPSA) is 107 Å². The second-order valence-electron chi connectivity index (χ2n) is 1.74. The van der Waals surface area contributed by atoms with E-state index in [2.05, 4.69) is 16.9 Å². The minimum absolute atomic E-state index is 0.857. The molecule has 0 aromatic carbocycles. The zero-order valence-electron chi connectivity index (χ0n) is 6.07. The Morgan fingerprint density at radius 1 is 0.929 bits per heavy atom. The Labute approximate surface area is 95.2 Å². The van der Waals surface area contributed by atoms with Crippen LogP contribution in [0.4, 0.5) is 14.4 Å². The first kappa shape index (κ1) is 10.1. The van der Waals surface area contributed by atoms with Crippen molar-refractivity contribution in [2.24, 2.45) is 0 Å². The van der Waals surface area contributed by atoms with Crippen molar-refractivity contribution in [3.8, 4) is 0 Å². The SMILES string of the molecule is O=C1[O][Bi]([O]C(=O)[O][Bi]2[O]C(=O)[O]2)[O]1. The number of rotatable bonds is 2. The fourth-order valence-corrected chi connectivity index (χ4v) is 5.26. The average Bonchev–Trinajstić information content (AvgIpc) is 1.98. The molecule has 0 bridgehead atoms. The third-order valence-electron chi connectivity index (χ3n) is 0.894. The number of carbonyl (C=O) groups is 3. The van der Waals surface area contributed by atoms with Gasteiger partial charge in [0.1, 0.15) is 0 Å². The average molecular weight is 598 g/mol. The Balaban J connectivity index is 1.64. The molecule has 0 spiro atoms. The third kappa shape index (κ3) is 2.33. The second kappa shape index (κ2) is 3.98. The van der Waals surface area contributed by atoms with Crippen molar-refractivity contribution in [1.29, 1.82) is 0 Å². The predicted molar refractivity (Wildman–Crippen MR) is 34.2 cm³/mol. The van der Waals surface area contributed by atoms with Crippen molar-refractivity contribution in [3.63, 3.8) is 0 Å². The van der Waals surface area contributed by atoms with E-state index in [1.165, 1.54) is 0 Å². The van der Waals surface area contributed by atoms with E-state index in [1.54, 1.807) is 0 Å².